The molecule has 0 aliphatic rings. The van der Waals surface area contributed by atoms with Gasteiger partial charge in [-0.15, -0.1) is 5.10 Å². The molecule has 0 unspecified atom stereocenters. The van der Waals surface area contributed by atoms with Crippen molar-refractivity contribution in [1.82, 2.24) is 30.4 Å². The van der Waals surface area contributed by atoms with Gasteiger partial charge in [0.05, 0.1) is 11.5 Å². The Morgan fingerprint density at radius 3 is 2.63 bits per heavy atom. The predicted octanol–water partition coefficient (Wildman–Crippen LogP) is 2.59. The second-order valence-electron chi connectivity index (χ2n) is 6.12. The number of rotatable bonds is 6. The van der Waals surface area contributed by atoms with Crippen molar-refractivity contribution in [3.63, 3.8) is 0 Å². The van der Waals surface area contributed by atoms with Gasteiger partial charge in [-0.3, -0.25) is 25.8 Å². The standard InChI is InChI=1S/C18H13ClN8O3/c19-14-4-2-1-3-12(14)9-26-17-15(22-25-26)16(20-10-21-17)23-24-18(28)11-5-7-13(8-6-11)27(29)30/h1-8,10H,9H2,(H,24,28)(H,20,21,23). The van der Waals surface area contributed by atoms with Crippen LogP contribution >= 0.6 is 11.6 Å². The third kappa shape index (κ3) is 3.86. The van der Waals surface area contributed by atoms with Crippen molar-refractivity contribution in [2.45, 2.75) is 6.54 Å². The molecule has 150 valence electrons. The van der Waals surface area contributed by atoms with E-state index in [4.69, 9.17) is 11.6 Å². The van der Waals surface area contributed by atoms with Crippen LogP contribution in [0.1, 0.15) is 15.9 Å². The molecule has 30 heavy (non-hydrogen) atoms. The number of nitro groups is 1. The van der Waals surface area contributed by atoms with Crippen LogP contribution in [0.25, 0.3) is 11.2 Å². The minimum absolute atomic E-state index is 0.104. The first-order valence-electron chi connectivity index (χ1n) is 8.61. The predicted molar refractivity (Wildman–Crippen MR) is 108 cm³/mol. The lowest BCUT2D eigenvalue weighted by atomic mass is 10.2. The zero-order chi connectivity index (χ0) is 21.1. The van der Waals surface area contributed by atoms with Gasteiger partial charge in [0.25, 0.3) is 11.6 Å². The van der Waals surface area contributed by atoms with E-state index < -0.39 is 10.8 Å². The molecule has 0 saturated carbocycles. The summed E-state index contributed by atoms with van der Waals surface area (Å²) in [6, 6.07) is 12.6. The average Bonchev–Trinajstić information content (AvgIpc) is 3.17. The fourth-order valence-electron chi connectivity index (χ4n) is 2.70. The molecule has 2 aromatic heterocycles. The number of carbonyl (C=O) groups excluding carboxylic acids is 1. The van der Waals surface area contributed by atoms with Gasteiger partial charge in [-0.05, 0) is 23.8 Å². The third-order valence-electron chi connectivity index (χ3n) is 4.21. The second kappa shape index (κ2) is 8.09. The molecule has 12 heteroatoms. The van der Waals surface area contributed by atoms with Crippen molar-refractivity contribution in [3.05, 3.63) is 81.1 Å². The lowest BCUT2D eigenvalue weighted by Gasteiger charge is -2.08. The zero-order valence-corrected chi connectivity index (χ0v) is 15.9. The van der Waals surface area contributed by atoms with Gasteiger partial charge in [0, 0.05) is 22.7 Å². The SMILES string of the molecule is O=C(NNc1ncnc2c1nnn2Cc1ccccc1Cl)c1ccc([N+](=O)[O-])cc1. The van der Waals surface area contributed by atoms with Crippen LogP contribution in [-0.4, -0.2) is 35.8 Å². The van der Waals surface area contributed by atoms with Crippen LogP contribution in [0, 0.1) is 10.1 Å². The molecule has 0 fully saturated rings. The first-order valence-corrected chi connectivity index (χ1v) is 8.99. The number of nitrogens with zero attached hydrogens (tertiary/aromatic N) is 6. The summed E-state index contributed by atoms with van der Waals surface area (Å²) >= 11 is 6.20. The smallest absolute Gasteiger partial charge is 0.269 e. The summed E-state index contributed by atoms with van der Waals surface area (Å²) in [4.78, 5) is 30.7. The highest BCUT2D eigenvalue weighted by Gasteiger charge is 2.14. The Kier molecular flexibility index (Phi) is 5.18. The van der Waals surface area contributed by atoms with Gasteiger partial charge < -0.3 is 0 Å². The van der Waals surface area contributed by atoms with Crippen molar-refractivity contribution < 1.29 is 9.72 Å². The second-order valence-corrected chi connectivity index (χ2v) is 6.52. The normalized spacial score (nSPS) is 10.7. The topological polar surface area (TPSA) is 141 Å². The fourth-order valence-corrected chi connectivity index (χ4v) is 2.90. The minimum Gasteiger partial charge on any atom is -0.280 e. The van der Waals surface area contributed by atoms with Crippen molar-refractivity contribution >= 4 is 40.2 Å². The van der Waals surface area contributed by atoms with Crippen LogP contribution in [0.15, 0.2) is 54.9 Å². The molecular weight excluding hydrogens is 412 g/mol. The quantitative estimate of drug-likeness (QED) is 0.355. The highest BCUT2D eigenvalue weighted by Crippen LogP contribution is 2.20. The van der Waals surface area contributed by atoms with E-state index in [0.29, 0.717) is 22.7 Å². The van der Waals surface area contributed by atoms with Crippen LogP contribution in [0.4, 0.5) is 11.5 Å². The zero-order valence-electron chi connectivity index (χ0n) is 15.2. The fraction of sp³-hybridized carbons (Fsp3) is 0.0556. The molecule has 4 aromatic rings. The number of hydrogen-bond acceptors (Lipinski definition) is 8. The molecule has 0 aliphatic carbocycles. The number of anilines is 1. The molecule has 0 aliphatic heterocycles. The first kappa shape index (κ1) is 19.2. The summed E-state index contributed by atoms with van der Waals surface area (Å²) in [5.41, 5.74) is 6.96. The first-order chi connectivity index (χ1) is 14.5. The molecule has 0 bridgehead atoms. The van der Waals surface area contributed by atoms with E-state index in [-0.39, 0.29) is 17.1 Å². The maximum atomic E-state index is 12.3. The number of amides is 1. The van der Waals surface area contributed by atoms with Crippen LogP contribution in [-0.2, 0) is 6.54 Å². The molecule has 0 saturated heterocycles. The number of hydrogen-bond donors (Lipinski definition) is 2. The lowest BCUT2D eigenvalue weighted by molar-refractivity contribution is -0.384. The molecule has 0 radical (unpaired) electrons. The Morgan fingerprint density at radius 2 is 1.90 bits per heavy atom. The summed E-state index contributed by atoms with van der Waals surface area (Å²) in [6.45, 7) is 0.363. The molecular formula is C18H13ClN8O3. The molecule has 1 amide bonds. The van der Waals surface area contributed by atoms with Crippen molar-refractivity contribution in [1.29, 1.82) is 0 Å². The highest BCUT2D eigenvalue weighted by molar-refractivity contribution is 6.31. The van der Waals surface area contributed by atoms with Gasteiger partial charge >= 0.3 is 0 Å². The Bertz CT molecular complexity index is 1240. The Labute approximate surface area is 173 Å². The molecule has 11 nitrogen and oxygen atoms in total. The largest absolute Gasteiger partial charge is 0.280 e. The number of halogens is 1. The highest BCUT2D eigenvalue weighted by atomic mass is 35.5. The number of hydrazine groups is 1. The van der Waals surface area contributed by atoms with E-state index in [1.807, 2.05) is 18.2 Å². The summed E-state index contributed by atoms with van der Waals surface area (Å²) in [5.74, 6) is -0.249. The van der Waals surface area contributed by atoms with E-state index in [9.17, 15) is 14.9 Å². The van der Waals surface area contributed by atoms with E-state index in [0.717, 1.165) is 5.56 Å². The Balaban J connectivity index is 1.51. The Morgan fingerprint density at radius 1 is 1.13 bits per heavy atom. The van der Waals surface area contributed by atoms with Crippen LogP contribution in [0.5, 0.6) is 0 Å². The van der Waals surface area contributed by atoms with Gasteiger partial charge in [0.15, 0.2) is 17.0 Å². The van der Waals surface area contributed by atoms with Crippen LogP contribution in [0.3, 0.4) is 0 Å². The molecule has 0 atom stereocenters. The van der Waals surface area contributed by atoms with Gasteiger partial charge in [0.2, 0.25) is 0 Å². The molecule has 4 rings (SSSR count). The summed E-state index contributed by atoms with van der Waals surface area (Å²) in [5, 5.41) is 19.5. The van der Waals surface area contributed by atoms with Gasteiger partial charge in [0.1, 0.15) is 6.33 Å². The van der Waals surface area contributed by atoms with E-state index in [1.54, 1.807) is 10.7 Å². The molecule has 0 spiro atoms. The maximum absolute atomic E-state index is 12.3. The van der Waals surface area contributed by atoms with Gasteiger partial charge in [-0.1, -0.05) is 35.0 Å². The monoisotopic (exact) mass is 424 g/mol. The summed E-state index contributed by atoms with van der Waals surface area (Å²) in [7, 11) is 0. The summed E-state index contributed by atoms with van der Waals surface area (Å²) in [6.07, 6.45) is 1.31. The van der Waals surface area contributed by atoms with Crippen LogP contribution < -0.4 is 10.9 Å². The maximum Gasteiger partial charge on any atom is 0.269 e. The minimum atomic E-state index is -0.538. The average molecular weight is 425 g/mol. The van der Waals surface area contributed by atoms with Crippen LogP contribution in [0.2, 0.25) is 5.02 Å². The summed E-state index contributed by atoms with van der Waals surface area (Å²) < 4.78 is 1.57. The number of nitrogens with one attached hydrogen (secondary N) is 2. The van der Waals surface area contributed by atoms with E-state index in [2.05, 4.69) is 31.1 Å². The lowest BCUT2D eigenvalue weighted by Crippen LogP contribution is -2.30. The molecule has 2 aromatic carbocycles. The number of non-ortho nitro benzene ring substituents is 1. The van der Waals surface area contributed by atoms with Gasteiger partial charge in [-0.2, -0.15) is 0 Å². The number of fused-ring (bicyclic) bond motifs is 1. The van der Waals surface area contributed by atoms with Gasteiger partial charge in [-0.25, -0.2) is 14.6 Å². The number of carbonyl (C=O) groups is 1. The number of aromatic nitrogens is 5. The molecule has 2 heterocycles. The van der Waals surface area contributed by atoms with E-state index in [1.165, 1.54) is 30.6 Å². The van der Waals surface area contributed by atoms with E-state index >= 15 is 0 Å². The van der Waals surface area contributed by atoms with Crippen molar-refractivity contribution in [2.75, 3.05) is 5.43 Å². The number of benzene rings is 2. The Hall–Kier alpha value is -4.12. The third-order valence-corrected chi connectivity index (χ3v) is 4.58. The molecule has 2 N–H and O–H groups in total. The van der Waals surface area contributed by atoms with Crippen molar-refractivity contribution in [3.8, 4) is 0 Å². The number of nitro benzene ring substituents is 1. The van der Waals surface area contributed by atoms with Crippen molar-refractivity contribution in [2.24, 2.45) is 0 Å².